The lowest BCUT2D eigenvalue weighted by molar-refractivity contribution is 0.0240. The summed E-state index contributed by atoms with van der Waals surface area (Å²) >= 11 is 0. The van der Waals surface area contributed by atoms with Crippen molar-refractivity contribution in [1.82, 2.24) is 19.8 Å². The van der Waals surface area contributed by atoms with Crippen LogP contribution in [0.5, 0.6) is 0 Å². The van der Waals surface area contributed by atoms with Crippen molar-refractivity contribution in [2.75, 3.05) is 31.6 Å². The summed E-state index contributed by atoms with van der Waals surface area (Å²) in [6, 6.07) is 8.12. The summed E-state index contributed by atoms with van der Waals surface area (Å²) in [5.41, 5.74) is 2.57. The van der Waals surface area contributed by atoms with Crippen LogP contribution in [0.3, 0.4) is 0 Å². The van der Waals surface area contributed by atoms with E-state index in [2.05, 4.69) is 33.7 Å². The van der Waals surface area contributed by atoms with Crippen LogP contribution in [0.1, 0.15) is 55.1 Å². The Bertz CT molecular complexity index is 1030. The number of aromatic nitrogens is 2. The van der Waals surface area contributed by atoms with Crippen molar-refractivity contribution in [1.29, 1.82) is 0 Å². The third-order valence-corrected chi connectivity index (χ3v) is 5.94. The number of nitrogens with zero attached hydrogens (tertiary/aromatic N) is 5. The topological polar surface area (TPSA) is 78.9 Å². The van der Waals surface area contributed by atoms with Crippen LogP contribution in [0.2, 0.25) is 0 Å². The molecule has 1 amide bonds. The molecule has 32 heavy (non-hydrogen) atoms. The molecule has 4 rings (SSSR count). The Morgan fingerprint density at radius 3 is 2.66 bits per heavy atom. The molecule has 8 nitrogen and oxygen atoms in total. The predicted molar refractivity (Wildman–Crippen MR) is 122 cm³/mol. The fourth-order valence-corrected chi connectivity index (χ4v) is 3.97. The Morgan fingerprint density at radius 1 is 1.16 bits per heavy atom. The van der Waals surface area contributed by atoms with Gasteiger partial charge in [0.25, 0.3) is 0 Å². The molecule has 2 aromatic rings. The van der Waals surface area contributed by atoms with Gasteiger partial charge in [-0.05, 0) is 46.9 Å². The minimum Gasteiger partial charge on any atom is -0.444 e. The number of likely N-dealkylation sites (N-methyl/N-ethyl adjacent to an activating group) is 1. The zero-order valence-electron chi connectivity index (χ0n) is 19.5. The molecule has 1 fully saturated rings. The summed E-state index contributed by atoms with van der Waals surface area (Å²) in [5.74, 6) is -0.0637. The zero-order chi connectivity index (χ0) is 23.0. The molecular weight excluding hydrogens is 406 g/mol. The molecule has 1 saturated heterocycles. The molecule has 0 spiro atoms. The summed E-state index contributed by atoms with van der Waals surface area (Å²) in [6.07, 6.45) is 1.25. The van der Waals surface area contributed by atoms with Crippen LogP contribution in [0.15, 0.2) is 30.5 Å². The van der Waals surface area contributed by atoms with Crippen LogP contribution < -0.4 is 4.90 Å². The Labute approximate surface area is 189 Å². The lowest BCUT2D eigenvalue weighted by atomic mass is 10.1. The second-order valence-corrected chi connectivity index (χ2v) is 9.66. The number of hydrogen-bond donors (Lipinski definition) is 0. The van der Waals surface area contributed by atoms with Crippen molar-refractivity contribution < 1.29 is 14.3 Å². The third kappa shape index (κ3) is 4.75. The van der Waals surface area contributed by atoms with Gasteiger partial charge in [0.05, 0.1) is 18.8 Å². The first kappa shape index (κ1) is 22.2. The van der Waals surface area contributed by atoms with Gasteiger partial charge in [0.15, 0.2) is 0 Å². The molecule has 1 unspecified atom stereocenters. The lowest BCUT2D eigenvalue weighted by Gasteiger charge is -2.39. The molecule has 2 aliphatic heterocycles. The van der Waals surface area contributed by atoms with Crippen molar-refractivity contribution in [2.45, 2.75) is 52.4 Å². The second-order valence-electron chi connectivity index (χ2n) is 9.66. The average Bonchev–Trinajstić information content (AvgIpc) is 3.18. The van der Waals surface area contributed by atoms with Gasteiger partial charge in [-0.2, -0.15) is 0 Å². The first-order chi connectivity index (χ1) is 15.1. The van der Waals surface area contributed by atoms with E-state index < -0.39 is 11.7 Å². The molecule has 2 aliphatic rings. The number of benzene rings is 1. The van der Waals surface area contributed by atoms with Crippen molar-refractivity contribution in [3.05, 3.63) is 53.1 Å². The maximum atomic E-state index is 13.1. The second kappa shape index (κ2) is 8.50. The van der Waals surface area contributed by atoms with Crippen LogP contribution in [-0.2, 0) is 17.8 Å². The summed E-state index contributed by atoms with van der Waals surface area (Å²) in [5, 5.41) is 0. The van der Waals surface area contributed by atoms with Crippen molar-refractivity contribution in [3.8, 4) is 0 Å². The van der Waals surface area contributed by atoms with Crippen molar-refractivity contribution in [3.63, 3.8) is 0 Å². The predicted octanol–water partition coefficient (Wildman–Crippen LogP) is 3.10. The van der Waals surface area contributed by atoms with E-state index in [4.69, 9.17) is 4.74 Å². The summed E-state index contributed by atoms with van der Waals surface area (Å²) in [4.78, 5) is 40.5. The number of hydrogen-bond acceptors (Lipinski definition) is 7. The largest absolute Gasteiger partial charge is 0.444 e. The molecule has 170 valence electrons. The molecule has 1 aromatic heterocycles. The van der Waals surface area contributed by atoms with E-state index in [9.17, 15) is 9.59 Å². The van der Waals surface area contributed by atoms with Gasteiger partial charge in [-0.25, -0.2) is 14.8 Å². The lowest BCUT2D eigenvalue weighted by Crippen LogP contribution is -2.50. The van der Waals surface area contributed by atoms with E-state index in [1.165, 1.54) is 0 Å². The van der Waals surface area contributed by atoms with Crippen LogP contribution in [0.4, 0.5) is 10.5 Å². The first-order valence-electron chi connectivity index (χ1n) is 11.0. The molecule has 0 aliphatic carbocycles. The smallest absolute Gasteiger partial charge is 0.410 e. The highest BCUT2D eigenvalue weighted by Crippen LogP contribution is 2.24. The van der Waals surface area contributed by atoms with Gasteiger partial charge >= 0.3 is 6.09 Å². The standard InChI is InChI=1S/C24H31N5O3/c1-16-13-28(10-9-27(16)5)19-8-6-7-17(11-19)21(30)22-25-12-18-14-29(15-20(18)26-22)23(31)32-24(2,3)4/h6-8,11-12,16H,9-10,13-15H2,1-5H3. The fourth-order valence-electron chi connectivity index (χ4n) is 3.97. The summed E-state index contributed by atoms with van der Waals surface area (Å²) < 4.78 is 5.45. The highest BCUT2D eigenvalue weighted by atomic mass is 16.6. The Hall–Kier alpha value is -3.00. The van der Waals surface area contributed by atoms with Crippen molar-refractivity contribution >= 4 is 17.6 Å². The van der Waals surface area contributed by atoms with Gasteiger partial charge in [0.2, 0.25) is 11.6 Å². The molecule has 0 saturated carbocycles. The average molecular weight is 438 g/mol. The number of piperazine rings is 1. The molecule has 0 bridgehead atoms. The minimum absolute atomic E-state index is 0.152. The normalized spacial score (nSPS) is 19.1. The van der Waals surface area contributed by atoms with Crippen LogP contribution in [0, 0.1) is 0 Å². The molecule has 1 atom stereocenters. The number of rotatable bonds is 3. The van der Waals surface area contributed by atoms with Crippen LogP contribution in [0.25, 0.3) is 0 Å². The summed E-state index contributed by atoms with van der Waals surface area (Å²) in [7, 11) is 2.14. The number of carbonyl (C=O) groups excluding carboxylic acids is 2. The zero-order valence-corrected chi connectivity index (χ0v) is 19.5. The maximum Gasteiger partial charge on any atom is 0.410 e. The molecule has 0 N–H and O–H groups in total. The quantitative estimate of drug-likeness (QED) is 0.683. The van der Waals surface area contributed by atoms with Gasteiger partial charge in [-0.1, -0.05) is 12.1 Å². The number of carbonyl (C=O) groups is 2. The fraction of sp³-hybridized carbons (Fsp3) is 0.500. The van der Waals surface area contributed by atoms with Gasteiger partial charge in [-0.3, -0.25) is 9.69 Å². The Kier molecular flexibility index (Phi) is 5.90. The van der Waals surface area contributed by atoms with Crippen LogP contribution in [-0.4, -0.2) is 70.0 Å². The van der Waals surface area contributed by atoms with Gasteiger partial charge in [-0.15, -0.1) is 0 Å². The highest BCUT2D eigenvalue weighted by molar-refractivity contribution is 6.07. The molecular formula is C24H31N5O3. The highest BCUT2D eigenvalue weighted by Gasteiger charge is 2.30. The van der Waals surface area contributed by atoms with E-state index in [0.29, 0.717) is 30.4 Å². The monoisotopic (exact) mass is 437 g/mol. The Morgan fingerprint density at radius 2 is 1.94 bits per heavy atom. The number of amides is 1. The van der Waals surface area contributed by atoms with E-state index in [1.807, 2.05) is 39.0 Å². The molecule has 3 heterocycles. The van der Waals surface area contributed by atoms with Gasteiger partial charge < -0.3 is 14.5 Å². The Balaban J connectivity index is 1.49. The van der Waals surface area contributed by atoms with Crippen LogP contribution >= 0.6 is 0 Å². The number of fused-ring (bicyclic) bond motifs is 1. The number of ketones is 1. The van der Waals surface area contributed by atoms with Gasteiger partial charge in [0, 0.05) is 48.7 Å². The van der Waals surface area contributed by atoms with E-state index in [1.54, 1.807) is 17.2 Å². The third-order valence-electron chi connectivity index (χ3n) is 5.94. The summed E-state index contributed by atoms with van der Waals surface area (Å²) in [6.45, 7) is 11.2. The van der Waals surface area contributed by atoms with Gasteiger partial charge in [0.1, 0.15) is 5.60 Å². The SMILES string of the molecule is CC1CN(c2cccc(C(=O)c3ncc4c(n3)CN(C(=O)OC(C)(C)C)C4)c2)CCN1C. The van der Waals surface area contributed by atoms with Crippen molar-refractivity contribution in [2.24, 2.45) is 0 Å². The van der Waals surface area contributed by atoms with E-state index in [-0.39, 0.29) is 11.6 Å². The molecule has 8 heteroatoms. The number of ether oxygens (including phenoxy) is 1. The van der Waals surface area contributed by atoms with E-state index in [0.717, 1.165) is 30.9 Å². The number of anilines is 1. The maximum absolute atomic E-state index is 13.1. The molecule has 1 aromatic carbocycles. The van der Waals surface area contributed by atoms with E-state index >= 15 is 0 Å². The first-order valence-corrected chi connectivity index (χ1v) is 11.0. The minimum atomic E-state index is -0.564. The molecule has 0 radical (unpaired) electrons.